The molecule has 0 aliphatic carbocycles. The van der Waals surface area contributed by atoms with Crippen molar-refractivity contribution in [3.8, 4) is 29.6 Å². The van der Waals surface area contributed by atoms with Gasteiger partial charge in [0, 0.05) is 6.07 Å². The zero-order chi connectivity index (χ0) is 17.3. The van der Waals surface area contributed by atoms with E-state index in [1.807, 2.05) is 0 Å². The van der Waals surface area contributed by atoms with Gasteiger partial charge in [-0.1, -0.05) is 5.92 Å². The van der Waals surface area contributed by atoms with Crippen molar-refractivity contribution in [2.75, 3.05) is 26.9 Å². The molecule has 0 saturated carbocycles. The molecule has 1 aromatic rings. The number of nitrogens with one attached hydrogen (secondary N) is 1. The second kappa shape index (κ2) is 8.79. The van der Waals surface area contributed by atoms with Gasteiger partial charge in [-0.3, -0.25) is 0 Å². The molecule has 6 heteroatoms. The number of carbonyl (C=O) groups excluding carboxylic acids is 1. The fourth-order valence-corrected chi connectivity index (χ4v) is 1.61. The summed E-state index contributed by atoms with van der Waals surface area (Å²) in [4.78, 5) is 11.5. The van der Waals surface area contributed by atoms with Crippen molar-refractivity contribution in [3.63, 3.8) is 0 Å². The van der Waals surface area contributed by atoms with Gasteiger partial charge >= 0.3 is 6.09 Å². The Morgan fingerprint density at radius 1 is 1.26 bits per heavy atom. The second-order valence-corrected chi connectivity index (χ2v) is 5.58. The van der Waals surface area contributed by atoms with Crippen LogP contribution in [-0.4, -0.2) is 38.6 Å². The Morgan fingerprint density at radius 2 is 2.00 bits per heavy atom. The summed E-state index contributed by atoms with van der Waals surface area (Å²) in [6, 6.07) is 5.15. The normalized spacial score (nSPS) is 10.4. The molecule has 0 spiro atoms. The summed E-state index contributed by atoms with van der Waals surface area (Å²) in [6.45, 7) is 6.20. The van der Waals surface area contributed by atoms with Crippen LogP contribution < -0.4 is 19.5 Å². The first-order valence-corrected chi connectivity index (χ1v) is 7.19. The van der Waals surface area contributed by atoms with Crippen molar-refractivity contribution in [1.29, 1.82) is 0 Å². The molecule has 0 aliphatic heterocycles. The molecule has 6 nitrogen and oxygen atoms in total. The minimum absolute atomic E-state index is 0.163. The smallest absolute Gasteiger partial charge is 0.407 e. The molecule has 0 aromatic heterocycles. The Hall–Kier alpha value is -2.55. The fraction of sp³-hybridized carbons (Fsp3) is 0.471. The first kappa shape index (κ1) is 18.5. The van der Waals surface area contributed by atoms with Crippen molar-refractivity contribution < 1.29 is 23.7 Å². The van der Waals surface area contributed by atoms with E-state index in [2.05, 4.69) is 11.2 Å². The average molecular weight is 321 g/mol. The summed E-state index contributed by atoms with van der Waals surface area (Å²) >= 11 is 0. The van der Waals surface area contributed by atoms with E-state index in [1.54, 1.807) is 39.0 Å². The van der Waals surface area contributed by atoms with Crippen LogP contribution in [0.2, 0.25) is 0 Å². The molecule has 1 rings (SSSR count). The highest BCUT2D eigenvalue weighted by Crippen LogP contribution is 2.31. The van der Waals surface area contributed by atoms with Gasteiger partial charge in [0.2, 0.25) is 0 Å². The summed E-state index contributed by atoms with van der Waals surface area (Å²) in [6.07, 6.45) is 4.68. The lowest BCUT2D eigenvalue weighted by atomic mass is 10.2. The molecule has 0 radical (unpaired) electrons. The van der Waals surface area contributed by atoms with Crippen LogP contribution in [0.3, 0.4) is 0 Å². The van der Waals surface area contributed by atoms with Crippen LogP contribution in [0.15, 0.2) is 18.2 Å². The van der Waals surface area contributed by atoms with Crippen LogP contribution in [0.25, 0.3) is 0 Å². The Morgan fingerprint density at radius 3 is 2.61 bits per heavy atom. The topological polar surface area (TPSA) is 66.0 Å². The van der Waals surface area contributed by atoms with Crippen LogP contribution in [-0.2, 0) is 4.74 Å². The highest BCUT2D eigenvalue weighted by Gasteiger charge is 2.15. The lowest BCUT2D eigenvalue weighted by Gasteiger charge is -2.19. The van der Waals surface area contributed by atoms with Gasteiger partial charge < -0.3 is 24.3 Å². The number of benzene rings is 1. The van der Waals surface area contributed by atoms with E-state index in [1.165, 1.54) is 7.11 Å². The Balaban J connectivity index is 2.43. The molecule has 0 fully saturated rings. The quantitative estimate of drug-likeness (QED) is 0.618. The van der Waals surface area contributed by atoms with E-state index in [4.69, 9.17) is 25.4 Å². The van der Waals surface area contributed by atoms with Gasteiger partial charge in [-0.05, 0) is 32.9 Å². The number of alkyl carbamates (subject to hydrolysis) is 1. The van der Waals surface area contributed by atoms with Crippen molar-refractivity contribution in [2.24, 2.45) is 0 Å². The zero-order valence-electron chi connectivity index (χ0n) is 14.0. The van der Waals surface area contributed by atoms with Gasteiger partial charge in [-0.25, -0.2) is 4.79 Å². The van der Waals surface area contributed by atoms with Gasteiger partial charge in [0.1, 0.15) is 24.6 Å². The number of amides is 1. The highest BCUT2D eigenvalue weighted by atomic mass is 16.6. The van der Waals surface area contributed by atoms with Gasteiger partial charge in [0.05, 0.1) is 13.7 Å². The predicted molar refractivity (Wildman–Crippen MR) is 87.1 cm³/mol. The number of ether oxygens (including phenoxy) is 4. The van der Waals surface area contributed by atoms with Gasteiger partial charge in [-0.15, -0.1) is 6.42 Å². The minimum atomic E-state index is -0.521. The monoisotopic (exact) mass is 321 g/mol. The van der Waals surface area contributed by atoms with Crippen LogP contribution in [0, 0.1) is 12.3 Å². The van der Waals surface area contributed by atoms with E-state index < -0.39 is 11.7 Å². The SMILES string of the molecule is C#CCOc1ccc(OCCNC(=O)OC(C)(C)C)cc1OC. The molecular formula is C17H23NO5. The third-order valence-electron chi connectivity index (χ3n) is 2.49. The maximum atomic E-state index is 11.5. The van der Waals surface area contributed by atoms with E-state index in [-0.39, 0.29) is 6.61 Å². The van der Waals surface area contributed by atoms with Crippen LogP contribution in [0.5, 0.6) is 17.2 Å². The van der Waals surface area contributed by atoms with Crippen molar-refractivity contribution >= 4 is 6.09 Å². The number of rotatable bonds is 7. The molecule has 23 heavy (non-hydrogen) atoms. The lowest BCUT2D eigenvalue weighted by Crippen LogP contribution is -2.34. The first-order valence-electron chi connectivity index (χ1n) is 7.19. The zero-order valence-corrected chi connectivity index (χ0v) is 14.0. The van der Waals surface area contributed by atoms with Crippen molar-refractivity contribution in [1.82, 2.24) is 5.32 Å². The molecule has 0 atom stereocenters. The molecule has 126 valence electrons. The van der Waals surface area contributed by atoms with E-state index >= 15 is 0 Å². The van der Waals surface area contributed by atoms with Crippen LogP contribution in [0.4, 0.5) is 4.79 Å². The summed E-state index contributed by atoms with van der Waals surface area (Å²) in [5, 5.41) is 2.61. The largest absolute Gasteiger partial charge is 0.493 e. The number of carbonyl (C=O) groups is 1. The molecule has 0 aliphatic rings. The van der Waals surface area contributed by atoms with Gasteiger partial charge in [0.25, 0.3) is 0 Å². The summed E-state index contributed by atoms with van der Waals surface area (Å²) in [5.41, 5.74) is -0.521. The van der Waals surface area contributed by atoms with Crippen LogP contribution >= 0.6 is 0 Å². The molecule has 0 saturated heterocycles. The van der Waals surface area contributed by atoms with Gasteiger partial charge in [0.15, 0.2) is 11.5 Å². The Kier molecular flexibility index (Phi) is 7.07. The number of methoxy groups -OCH3 is 1. The summed E-state index contributed by atoms with van der Waals surface area (Å²) < 4.78 is 21.2. The number of hydrogen-bond acceptors (Lipinski definition) is 5. The molecule has 0 heterocycles. The standard InChI is InChI=1S/C17H23NO5/c1-6-10-22-14-8-7-13(12-15(14)20-5)21-11-9-18-16(19)23-17(2,3)4/h1,7-8,12H,9-11H2,2-5H3,(H,18,19). The summed E-state index contributed by atoms with van der Waals surface area (Å²) in [7, 11) is 1.53. The van der Waals surface area contributed by atoms with Crippen molar-refractivity contribution in [3.05, 3.63) is 18.2 Å². The molecule has 1 aromatic carbocycles. The molecule has 1 N–H and O–H groups in total. The molecule has 0 unspecified atom stereocenters. The third-order valence-corrected chi connectivity index (χ3v) is 2.49. The number of terminal acetylenes is 1. The first-order chi connectivity index (χ1) is 10.9. The maximum absolute atomic E-state index is 11.5. The maximum Gasteiger partial charge on any atom is 0.407 e. The van der Waals surface area contributed by atoms with E-state index in [0.29, 0.717) is 30.4 Å². The van der Waals surface area contributed by atoms with E-state index in [0.717, 1.165) is 0 Å². The van der Waals surface area contributed by atoms with E-state index in [9.17, 15) is 4.79 Å². The lowest BCUT2D eigenvalue weighted by molar-refractivity contribution is 0.0520. The highest BCUT2D eigenvalue weighted by molar-refractivity contribution is 5.67. The van der Waals surface area contributed by atoms with Crippen molar-refractivity contribution in [2.45, 2.75) is 26.4 Å². The Bertz CT molecular complexity index is 557. The second-order valence-electron chi connectivity index (χ2n) is 5.58. The Labute approximate surface area is 137 Å². The molecule has 1 amide bonds. The minimum Gasteiger partial charge on any atom is -0.493 e. The fourth-order valence-electron chi connectivity index (χ4n) is 1.61. The number of hydrogen-bond donors (Lipinski definition) is 1. The third kappa shape index (κ3) is 7.32. The summed E-state index contributed by atoms with van der Waals surface area (Å²) in [5.74, 6) is 4.06. The predicted octanol–water partition coefficient (Wildman–Crippen LogP) is 2.61. The molecule has 0 bridgehead atoms. The average Bonchev–Trinajstić information content (AvgIpc) is 2.48. The van der Waals surface area contributed by atoms with Crippen LogP contribution in [0.1, 0.15) is 20.8 Å². The molecular weight excluding hydrogens is 298 g/mol. The van der Waals surface area contributed by atoms with Gasteiger partial charge in [-0.2, -0.15) is 0 Å².